The largest absolute Gasteiger partial charge is 0.311 e. The van der Waals surface area contributed by atoms with Crippen molar-refractivity contribution in [2.45, 2.75) is 19.3 Å². The monoisotopic (exact) mass is 630 g/mol. The number of anilines is 6. The van der Waals surface area contributed by atoms with Crippen molar-refractivity contribution >= 4 is 46.3 Å². The van der Waals surface area contributed by atoms with Crippen molar-refractivity contribution in [3.63, 3.8) is 0 Å². The number of nitrogens with zero attached hydrogens (tertiary/aromatic N) is 2. The SMILES string of the molecule is CC1(C)c2ccccc2-c2ccc(N(c3ccccc3)c3ccc(/C=C/c4ccc(N(c5ccccc5)c5ccccc5)cc4)cc3)cc21. The smallest absolute Gasteiger partial charge is 0.0465 e. The maximum absolute atomic E-state index is 2.39. The number of hydrogen-bond acceptors (Lipinski definition) is 2. The molecule has 7 aromatic carbocycles. The number of benzene rings is 7. The van der Waals surface area contributed by atoms with Crippen LogP contribution in [0.4, 0.5) is 34.1 Å². The second-order valence-electron chi connectivity index (χ2n) is 13.1. The van der Waals surface area contributed by atoms with Crippen molar-refractivity contribution in [3.8, 4) is 11.1 Å². The minimum atomic E-state index is -0.0570. The fourth-order valence-electron chi connectivity index (χ4n) is 7.12. The molecule has 0 radical (unpaired) electrons. The molecule has 0 unspecified atom stereocenters. The van der Waals surface area contributed by atoms with E-state index in [2.05, 4.69) is 218 Å². The van der Waals surface area contributed by atoms with E-state index in [1.807, 2.05) is 0 Å². The van der Waals surface area contributed by atoms with Crippen molar-refractivity contribution < 1.29 is 0 Å². The first kappa shape index (κ1) is 30.2. The fraction of sp³-hybridized carbons (Fsp3) is 0.0638. The highest BCUT2D eigenvalue weighted by Gasteiger charge is 2.35. The third kappa shape index (κ3) is 5.83. The number of hydrogen-bond donors (Lipinski definition) is 0. The lowest BCUT2D eigenvalue weighted by atomic mass is 9.82. The first-order valence-electron chi connectivity index (χ1n) is 16.9. The van der Waals surface area contributed by atoms with Gasteiger partial charge < -0.3 is 9.80 Å². The summed E-state index contributed by atoms with van der Waals surface area (Å²) in [6.45, 7) is 4.68. The zero-order valence-electron chi connectivity index (χ0n) is 27.9. The Kier molecular flexibility index (Phi) is 7.91. The van der Waals surface area contributed by atoms with Crippen LogP contribution >= 0.6 is 0 Å². The van der Waals surface area contributed by atoms with E-state index in [0.29, 0.717) is 0 Å². The maximum Gasteiger partial charge on any atom is 0.0465 e. The van der Waals surface area contributed by atoms with Crippen molar-refractivity contribution in [2.75, 3.05) is 9.80 Å². The molecular weight excluding hydrogens is 593 g/mol. The third-order valence-electron chi connectivity index (χ3n) is 9.64. The summed E-state index contributed by atoms with van der Waals surface area (Å²) < 4.78 is 0. The van der Waals surface area contributed by atoms with Crippen molar-refractivity contribution in [1.82, 2.24) is 0 Å². The molecule has 0 bridgehead atoms. The molecule has 8 rings (SSSR count). The molecule has 7 aromatic rings. The van der Waals surface area contributed by atoms with Gasteiger partial charge in [0.15, 0.2) is 0 Å². The minimum Gasteiger partial charge on any atom is -0.311 e. The molecule has 0 heterocycles. The van der Waals surface area contributed by atoms with Gasteiger partial charge in [-0.15, -0.1) is 0 Å². The Labute approximate surface area is 289 Å². The lowest BCUT2D eigenvalue weighted by molar-refractivity contribution is 0.660. The van der Waals surface area contributed by atoms with Crippen LogP contribution in [0.5, 0.6) is 0 Å². The quantitative estimate of drug-likeness (QED) is 0.154. The second-order valence-corrected chi connectivity index (χ2v) is 13.1. The molecule has 0 aromatic heterocycles. The summed E-state index contributed by atoms with van der Waals surface area (Å²) in [5.41, 5.74) is 14.5. The van der Waals surface area contributed by atoms with Crippen molar-refractivity contribution in [2.24, 2.45) is 0 Å². The van der Waals surface area contributed by atoms with E-state index in [0.717, 1.165) is 45.3 Å². The summed E-state index contributed by atoms with van der Waals surface area (Å²) in [4.78, 5) is 4.64. The Morgan fingerprint density at radius 1 is 0.347 bits per heavy atom. The molecule has 236 valence electrons. The van der Waals surface area contributed by atoms with Gasteiger partial charge in [-0.05, 0) is 106 Å². The lowest BCUT2D eigenvalue weighted by Gasteiger charge is -2.28. The normalized spacial score (nSPS) is 12.8. The average molecular weight is 631 g/mol. The predicted octanol–water partition coefficient (Wildman–Crippen LogP) is 13.1. The summed E-state index contributed by atoms with van der Waals surface area (Å²) in [6.07, 6.45) is 4.37. The molecule has 0 saturated carbocycles. The van der Waals surface area contributed by atoms with Crippen LogP contribution in [-0.4, -0.2) is 0 Å². The summed E-state index contributed by atoms with van der Waals surface area (Å²) >= 11 is 0. The number of rotatable bonds is 8. The van der Waals surface area contributed by atoms with Gasteiger partial charge in [0.05, 0.1) is 0 Å². The zero-order valence-corrected chi connectivity index (χ0v) is 27.9. The Morgan fingerprint density at radius 2 is 0.714 bits per heavy atom. The first-order valence-corrected chi connectivity index (χ1v) is 16.9. The van der Waals surface area contributed by atoms with Crippen LogP contribution in [0, 0.1) is 0 Å². The molecule has 0 spiro atoms. The van der Waals surface area contributed by atoms with Crippen LogP contribution < -0.4 is 9.80 Å². The molecule has 0 fully saturated rings. The molecule has 2 nitrogen and oxygen atoms in total. The highest BCUT2D eigenvalue weighted by atomic mass is 15.1. The van der Waals surface area contributed by atoms with Gasteiger partial charge in [0.2, 0.25) is 0 Å². The molecule has 1 aliphatic carbocycles. The van der Waals surface area contributed by atoms with E-state index in [-0.39, 0.29) is 5.41 Å². The molecule has 0 amide bonds. The third-order valence-corrected chi connectivity index (χ3v) is 9.64. The van der Waals surface area contributed by atoms with Crippen LogP contribution in [0.3, 0.4) is 0 Å². The number of para-hydroxylation sites is 3. The summed E-state index contributed by atoms with van der Waals surface area (Å²) in [7, 11) is 0. The highest BCUT2D eigenvalue weighted by molar-refractivity contribution is 5.86. The van der Waals surface area contributed by atoms with E-state index in [1.165, 1.54) is 22.3 Å². The fourth-order valence-corrected chi connectivity index (χ4v) is 7.12. The topological polar surface area (TPSA) is 6.48 Å². The Morgan fingerprint density at radius 3 is 1.20 bits per heavy atom. The van der Waals surface area contributed by atoms with Crippen molar-refractivity contribution in [3.05, 3.63) is 204 Å². The molecule has 1 aliphatic rings. The molecule has 0 saturated heterocycles. The van der Waals surface area contributed by atoms with Crippen LogP contribution in [0.25, 0.3) is 23.3 Å². The van der Waals surface area contributed by atoms with Gasteiger partial charge in [0.25, 0.3) is 0 Å². The minimum absolute atomic E-state index is 0.0570. The van der Waals surface area contributed by atoms with E-state index >= 15 is 0 Å². The molecule has 0 N–H and O–H groups in total. The average Bonchev–Trinajstić information content (AvgIpc) is 3.39. The second kappa shape index (κ2) is 12.8. The standard InChI is InChI=1S/C47H38N2/c1-47(2)45-21-13-12-20-43(45)44-33-32-42(34-46(44)47)49(39-18-10-5-11-19-39)41-30-26-36(27-31-41)23-22-35-24-28-40(29-25-35)48(37-14-6-3-7-15-37)38-16-8-4-9-17-38/h3-34H,1-2H3/b23-22+. The first-order chi connectivity index (χ1) is 24.1. The van der Waals surface area contributed by atoms with E-state index in [1.54, 1.807) is 0 Å². The van der Waals surface area contributed by atoms with E-state index in [4.69, 9.17) is 0 Å². The van der Waals surface area contributed by atoms with E-state index in [9.17, 15) is 0 Å². The molecule has 0 atom stereocenters. The van der Waals surface area contributed by atoms with Gasteiger partial charge in [0, 0.05) is 39.5 Å². The van der Waals surface area contributed by atoms with Crippen molar-refractivity contribution in [1.29, 1.82) is 0 Å². The maximum atomic E-state index is 2.39. The Balaban J connectivity index is 1.06. The van der Waals surface area contributed by atoms with Gasteiger partial charge >= 0.3 is 0 Å². The lowest BCUT2D eigenvalue weighted by Crippen LogP contribution is -2.16. The molecule has 0 aliphatic heterocycles. The summed E-state index contributed by atoms with van der Waals surface area (Å²) in [5, 5.41) is 0. The van der Waals surface area contributed by atoms with Gasteiger partial charge in [-0.2, -0.15) is 0 Å². The van der Waals surface area contributed by atoms with Gasteiger partial charge in [0.1, 0.15) is 0 Å². The van der Waals surface area contributed by atoms with Crippen LogP contribution in [0.1, 0.15) is 36.1 Å². The van der Waals surface area contributed by atoms with Gasteiger partial charge in [-0.3, -0.25) is 0 Å². The number of fused-ring (bicyclic) bond motifs is 3. The molecular formula is C47H38N2. The van der Waals surface area contributed by atoms with Crippen LogP contribution in [-0.2, 0) is 5.41 Å². The predicted molar refractivity (Wildman–Crippen MR) is 209 cm³/mol. The Hall–Kier alpha value is -6.12. The van der Waals surface area contributed by atoms with Crippen LogP contribution in [0.2, 0.25) is 0 Å². The zero-order chi connectivity index (χ0) is 33.2. The van der Waals surface area contributed by atoms with E-state index < -0.39 is 0 Å². The Bertz CT molecular complexity index is 2180. The van der Waals surface area contributed by atoms with Gasteiger partial charge in [-0.1, -0.05) is 135 Å². The molecule has 2 heteroatoms. The molecule has 49 heavy (non-hydrogen) atoms. The van der Waals surface area contributed by atoms with Gasteiger partial charge in [-0.25, -0.2) is 0 Å². The highest BCUT2D eigenvalue weighted by Crippen LogP contribution is 2.50. The van der Waals surface area contributed by atoms with Crippen LogP contribution in [0.15, 0.2) is 182 Å². The summed E-state index contributed by atoms with van der Waals surface area (Å²) in [5.74, 6) is 0. The summed E-state index contributed by atoms with van der Waals surface area (Å²) in [6, 6.07) is 65.1.